The van der Waals surface area contributed by atoms with Gasteiger partial charge in [0.05, 0.1) is 11.3 Å². The van der Waals surface area contributed by atoms with Crippen LogP contribution in [0.15, 0.2) is 121 Å². The molecular weight excluding hydrogens is 808 g/mol. The van der Waals surface area contributed by atoms with Crippen LogP contribution in [0.5, 0.6) is 5.75 Å². The smallest absolute Gasteiger partial charge is 0.139 e. The normalized spacial score (nSPS) is 21.6. The number of hydrogen-bond acceptors (Lipinski definition) is 1. The van der Waals surface area contributed by atoms with E-state index in [0.717, 1.165) is 16.5 Å². The van der Waals surface area contributed by atoms with E-state index in [1.807, 2.05) is 6.07 Å². The topological polar surface area (TPSA) is 9.23 Å². The highest BCUT2D eigenvalue weighted by atomic mass is 35.5. The second-order valence-corrected chi connectivity index (χ2v) is 22.3. The summed E-state index contributed by atoms with van der Waals surface area (Å²) in [5.41, 5.74) is 23.4. The minimum Gasteiger partial charge on any atom is -0.460 e. The lowest BCUT2D eigenvalue weighted by molar-refractivity contribution is 0.398. The van der Waals surface area contributed by atoms with Crippen LogP contribution in [0.2, 0.25) is 5.02 Å². The second kappa shape index (κ2) is 15.1. The molecule has 5 aromatic rings. The van der Waals surface area contributed by atoms with Crippen molar-refractivity contribution >= 4 is 22.7 Å². The summed E-state index contributed by atoms with van der Waals surface area (Å²) in [7, 11) is 0. The molecule has 65 heavy (non-hydrogen) atoms. The summed E-state index contributed by atoms with van der Waals surface area (Å²) in [6.07, 6.45) is 28.2. The molecule has 0 amide bonds. The Morgan fingerprint density at radius 3 is 1.94 bits per heavy atom. The van der Waals surface area contributed by atoms with Gasteiger partial charge < -0.3 is 4.74 Å². The van der Waals surface area contributed by atoms with E-state index in [4.69, 9.17) is 16.3 Å². The van der Waals surface area contributed by atoms with Gasteiger partial charge in [-0.15, -0.1) is 0 Å². The van der Waals surface area contributed by atoms with Crippen molar-refractivity contribution < 1.29 is 4.74 Å². The Morgan fingerprint density at radius 1 is 0.569 bits per heavy atom. The Morgan fingerprint density at radius 2 is 1.20 bits per heavy atom. The number of rotatable bonds is 15. The monoisotopic (exact) mass is 872 g/mol. The van der Waals surface area contributed by atoms with E-state index in [1.54, 1.807) is 11.1 Å². The van der Waals surface area contributed by atoms with Crippen LogP contribution in [-0.2, 0) is 16.2 Å². The summed E-state index contributed by atoms with van der Waals surface area (Å²) >= 11 is 6.64. The standard InChI is InChI=1S/C63H65ClO/c1-7-9-11-13-15-19-31-62(32-20-16-14-12-10-8-2)47-23-18-17-22-42(47)43-28-25-40(35-50(43)62)39-26-29-45-48(34-39)61(5,6)53-38-51-46-37-52-55(44-30-27-41(64)36-49(44)60(52,3)4)59-56(46)58-54(65-59)24-21-33-63(51,58)57(45)53/h17-18,21-30,33-38,58H,7-16,19-20,31-32H2,1-6H3. The first-order chi connectivity index (χ1) is 31.6. The Balaban J connectivity index is 0.927. The van der Waals surface area contributed by atoms with Crippen molar-refractivity contribution in [3.63, 3.8) is 0 Å². The molecule has 0 aromatic heterocycles. The van der Waals surface area contributed by atoms with E-state index in [1.165, 1.54) is 173 Å². The zero-order chi connectivity index (χ0) is 44.5. The average molecular weight is 874 g/mol. The van der Waals surface area contributed by atoms with Crippen LogP contribution in [0.4, 0.5) is 0 Å². The van der Waals surface area contributed by atoms with Crippen LogP contribution in [0.3, 0.4) is 0 Å². The predicted octanol–water partition coefficient (Wildman–Crippen LogP) is 18.2. The molecule has 2 atom stereocenters. The molecule has 2 unspecified atom stereocenters. The quantitative estimate of drug-likeness (QED) is 0.0953. The Kier molecular flexibility index (Phi) is 9.65. The molecule has 1 nitrogen and oxygen atoms in total. The lowest BCUT2D eigenvalue weighted by atomic mass is 9.66. The maximum absolute atomic E-state index is 7.11. The van der Waals surface area contributed by atoms with Crippen LogP contribution in [0, 0.1) is 5.41 Å². The van der Waals surface area contributed by atoms with E-state index in [2.05, 4.69) is 145 Å². The fourth-order valence-corrected chi connectivity index (χ4v) is 14.6. The number of hydrogen-bond donors (Lipinski definition) is 0. The zero-order valence-corrected chi connectivity index (χ0v) is 40.4. The van der Waals surface area contributed by atoms with E-state index in [0.29, 0.717) is 0 Å². The van der Waals surface area contributed by atoms with Crippen LogP contribution < -0.4 is 4.74 Å². The fraction of sp³-hybridized carbons (Fsp3) is 0.397. The summed E-state index contributed by atoms with van der Waals surface area (Å²) in [5, 5.41) is 0.791. The number of unbranched alkanes of at least 4 members (excludes halogenated alkanes) is 10. The van der Waals surface area contributed by atoms with E-state index in [9.17, 15) is 0 Å². The van der Waals surface area contributed by atoms with Crippen LogP contribution in [0.1, 0.15) is 182 Å². The summed E-state index contributed by atoms with van der Waals surface area (Å²) in [6, 6.07) is 33.5. The maximum Gasteiger partial charge on any atom is 0.139 e. The van der Waals surface area contributed by atoms with Crippen molar-refractivity contribution in [3.05, 3.63) is 170 Å². The molecule has 0 radical (unpaired) electrons. The van der Waals surface area contributed by atoms with Crippen LogP contribution >= 0.6 is 11.6 Å². The van der Waals surface area contributed by atoms with Gasteiger partial charge in [0, 0.05) is 32.4 Å². The minimum atomic E-state index is -0.287. The van der Waals surface area contributed by atoms with Gasteiger partial charge in [0.25, 0.3) is 0 Å². The summed E-state index contributed by atoms with van der Waals surface area (Å²) in [5.74, 6) is 2.29. The van der Waals surface area contributed by atoms with Gasteiger partial charge in [-0.3, -0.25) is 0 Å². The third-order valence-electron chi connectivity index (χ3n) is 17.6. The van der Waals surface area contributed by atoms with Crippen molar-refractivity contribution in [2.75, 3.05) is 0 Å². The molecule has 0 bridgehead atoms. The lowest BCUT2D eigenvalue weighted by Gasteiger charge is -2.35. The Hall–Kier alpha value is -4.85. The number of benzene rings is 5. The third kappa shape index (κ3) is 5.70. The summed E-state index contributed by atoms with van der Waals surface area (Å²) in [6.45, 7) is 14.3. The van der Waals surface area contributed by atoms with E-state index >= 15 is 0 Å². The van der Waals surface area contributed by atoms with Crippen LogP contribution in [-0.4, -0.2) is 0 Å². The third-order valence-corrected chi connectivity index (χ3v) is 17.9. The van der Waals surface area contributed by atoms with E-state index < -0.39 is 0 Å². The Bertz CT molecular complexity index is 2940. The van der Waals surface area contributed by atoms with Gasteiger partial charge in [0.15, 0.2) is 0 Å². The molecule has 6 aliphatic carbocycles. The minimum absolute atomic E-state index is 0.0688. The zero-order valence-electron chi connectivity index (χ0n) is 39.7. The van der Waals surface area contributed by atoms with Gasteiger partial charge in [-0.1, -0.05) is 203 Å². The molecule has 1 aliphatic heterocycles. The van der Waals surface area contributed by atoms with Gasteiger partial charge in [0.1, 0.15) is 11.5 Å². The van der Waals surface area contributed by atoms with Crippen molar-refractivity contribution in [1.29, 1.82) is 0 Å². The van der Waals surface area contributed by atoms with Crippen LogP contribution in [0.25, 0.3) is 44.5 Å². The molecule has 0 saturated heterocycles. The molecule has 12 rings (SSSR count). The SMILES string of the molecule is CCCCCCCCC1(CCCCCCCC)c2ccccc2-c2ccc(-c3ccc4c(c3)C(C)(C)C3=C4C45C=CC=C6Oc7c8c(cc(c7C64)C5=C3)C(C)(C)c3cc(Cl)ccc3-8)cc21. The number of fused-ring (bicyclic) bond motifs is 10. The second-order valence-electron chi connectivity index (χ2n) is 21.9. The fourth-order valence-electron chi connectivity index (χ4n) is 14.4. The molecule has 7 aliphatic rings. The first kappa shape index (κ1) is 41.6. The molecule has 1 spiro atoms. The molecule has 2 heteroatoms. The molecule has 0 saturated carbocycles. The molecule has 330 valence electrons. The highest BCUT2D eigenvalue weighted by Gasteiger charge is 2.64. The maximum atomic E-state index is 7.11. The average Bonchev–Trinajstić information content (AvgIpc) is 4.10. The summed E-state index contributed by atoms with van der Waals surface area (Å²) < 4.78 is 7.11. The van der Waals surface area contributed by atoms with E-state index in [-0.39, 0.29) is 27.6 Å². The number of halogens is 1. The van der Waals surface area contributed by atoms with Crippen molar-refractivity contribution in [3.8, 4) is 39.1 Å². The predicted molar refractivity (Wildman–Crippen MR) is 274 cm³/mol. The van der Waals surface area contributed by atoms with Gasteiger partial charge in [-0.25, -0.2) is 0 Å². The largest absolute Gasteiger partial charge is 0.460 e. The molecule has 1 heterocycles. The lowest BCUT2D eigenvalue weighted by Crippen LogP contribution is -2.26. The van der Waals surface area contributed by atoms with Gasteiger partial charge in [0.2, 0.25) is 0 Å². The number of allylic oxidation sites excluding steroid dienone is 8. The Labute approximate surface area is 393 Å². The van der Waals surface area contributed by atoms with Crippen molar-refractivity contribution in [1.82, 2.24) is 0 Å². The van der Waals surface area contributed by atoms with Crippen molar-refractivity contribution in [2.45, 2.75) is 154 Å². The molecular formula is C63H65ClO. The van der Waals surface area contributed by atoms with Gasteiger partial charge in [-0.05, 0) is 133 Å². The van der Waals surface area contributed by atoms with Crippen molar-refractivity contribution in [2.24, 2.45) is 5.41 Å². The highest BCUT2D eigenvalue weighted by molar-refractivity contribution is 6.30. The summed E-state index contributed by atoms with van der Waals surface area (Å²) in [4.78, 5) is 0. The highest BCUT2D eigenvalue weighted by Crippen LogP contribution is 2.77. The first-order valence-corrected chi connectivity index (χ1v) is 25.9. The molecule has 0 N–H and O–H groups in total. The van der Waals surface area contributed by atoms with Gasteiger partial charge in [-0.2, -0.15) is 0 Å². The first-order valence-electron chi connectivity index (χ1n) is 25.5. The van der Waals surface area contributed by atoms with Gasteiger partial charge >= 0.3 is 0 Å². The molecule has 5 aromatic carbocycles. The molecule has 0 fully saturated rings. The number of ether oxygens (including phenoxy) is 1.